The average molecular weight is 392 g/mol. The fourth-order valence-electron chi connectivity index (χ4n) is 4.03. The highest BCUT2D eigenvalue weighted by molar-refractivity contribution is 5.79. The van der Waals surface area contributed by atoms with Gasteiger partial charge in [0.25, 0.3) is 0 Å². The lowest BCUT2D eigenvalue weighted by Crippen LogP contribution is -2.44. The third-order valence-corrected chi connectivity index (χ3v) is 5.69. The monoisotopic (exact) mass is 391 g/mol. The lowest BCUT2D eigenvalue weighted by Gasteiger charge is -2.33. The van der Waals surface area contributed by atoms with Crippen molar-refractivity contribution in [3.05, 3.63) is 24.2 Å². The Morgan fingerprint density at radius 2 is 1.93 bits per heavy atom. The van der Waals surface area contributed by atoms with E-state index in [1.54, 1.807) is 6.26 Å². The number of likely N-dealkylation sites (tertiary alicyclic amines) is 1. The summed E-state index contributed by atoms with van der Waals surface area (Å²) in [5.41, 5.74) is 0. The van der Waals surface area contributed by atoms with Crippen LogP contribution in [0.5, 0.6) is 0 Å². The SMILES string of the molecule is CN=C(NCCCCN1CCOCC1)NCC(c1ccco1)N1CCCCC1. The van der Waals surface area contributed by atoms with E-state index in [-0.39, 0.29) is 6.04 Å². The number of hydrogen-bond acceptors (Lipinski definition) is 5. The Bertz CT molecular complexity index is 551. The minimum atomic E-state index is 0.259. The van der Waals surface area contributed by atoms with Crippen LogP contribution < -0.4 is 10.6 Å². The van der Waals surface area contributed by atoms with Crippen LogP contribution in [0, 0.1) is 0 Å². The van der Waals surface area contributed by atoms with Crippen LogP contribution in [-0.4, -0.2) is 81.8 Å². The van der Waals surface area contributed by atoms with Gasteiger partial charge in [0, 0.05) is 33.2 Å². The normalized spacial score (nSPS) is 20.8. The molecule has 0 saturated carbocycles. The van der Waals surface area contributed by atoms with E-state index >= 15 is 0 Å². The van der Waals surface area contributed by atoms with E-state index in [1.165, 1.54) is 25.7 Å². The minimum absolute atomic E-state index is 0.259. The number of guanidine groups is 1. The Balaban J connectivity index is 1.37. The molecule has 0 aliphatic carbocycles. The molecule has 1 atom stereocenters. The number of aliphatic imine (C=N–C) groups is 1. The summed E-state index contributed by atoms with van der Waals surface area (Å²) in [6.45, 7) is 9.09. The molecule has 0 radical (unpaired) electrons. The van der Waals surface area contributed by atoms with Crippen molar-refractivity contribution in [3.8, 4) is 0 Å². The third kappa shape index (κ3) is 6.79. The highest BCUT2D eigenvalue weighted by atomic mass is 16.5. The summed E-state index contributed by atoms with van der Waals surface area (Å²) in [6.07, 6.45) is 8.00. The molecule has 2 saturated heterocycles. The summed E-state index contributed by atoms with van der Waals surface area (Å²) in [6, 6.07) is 4.33. The van der Waals surface area contributed by atoms with Gasteiger partial charge in [0.05, 0.1) is 25.5 Å². The Hall–Kier alpha value is -1.57. The summed E-state index contributed by atoms with van der Waals surface area (Å²) in [5, 5.41) is 6.96. The van der Waals surface area contributed by atoms with Crippen LogP contribution in [0.2, 0.25) is 0 Å². The molecule has 0 bridgehead atoms. The van der Waals surface area contributed by atoms with Crippen LogP contribution in [0.4, 0.5) is 0 Å². The molecule has 0 spiro atoms. The van der Waals surface area contributed by atoms with Crippen molar-refractivity contribution in [1.82, 2.24) is 20.4 Å². The minimum Gasteiger partial charge on any atom is -0.468 e. The van der Waals surface area contributed by atoms with Crippen molar-refractivity contribution in [1.29, 1.82) is 0 Å². The number of nitrogens with one attached hydrogen (secondary N) is 2. The van der Waals surface area contributed by atoms with Crippen LogP contribution in [0.25, 0.3) is 0 Å². The van der Waals surface area contributed by atoms with Gasteiger partial charge >= 0.3 is 0 Å². The van der Waals surface area contributed by atoms with Crippen LogP contribution in [0.15, 0.2) is 27.8 Å². The fraction of sp³-hybridized carbons (Fsp3) is 0.762. The molecule has 158 valence electrons. The van der Waals surface area contributed by atoms with Gasteiger partial charge < -0.3 is 19.8 Å². The van der Waals surface area contributed by atoms with Gasteiger partial charge in [0.1, 0.15) is 5.76 Å². The molecule has 3 heterocycles. The van der Waals surface area contributed by atoms with E-state index in [0.29, 0.717) is 0 Å². The van der Waals surface area contributed by atoms with Gasteiger partial charge in [-0.2, -0.15) is 0 Å². The molecule has 0 amide bonds. The number of morpholine rings is 1. The zero-order valence-electron chi connectivity index (χ0n) is 17.4. The van der Waals surface area contributed by atoms with Crippen molar-refractivity contribution >= 4 is 5.96 Å². The van der Waals surface area contributed by atoms with Crippen LogP contribution in [0.3, 0.4) is 0 Å². The van der Waals surface area contributed by atoms with Gasteiger partial charge in [-0.05, 0) is 57.5 Å². The second-order valence-electron chi connectivity index (χ2n) is 7.67. The molecular formula is C21H37N5O2. The number of piperidine rings is 1. The molecule has 2 aliphatic rings. The highest BCUT2D eigenvalue weighted by Crippen LogP contribution is 2.24. The van der Waals surface area contributed by atoms with Gasteiger partial charge in [0.15, 0.2) is 5.96 Å². The summed E-state index contributed by atoms with van der Waals surface area (Å²) >= 11 is 0. The Labute approximate surface area is 169 Å². The second kappa shape index (κ2) is 12.1. The van der Waals surface area contributed by atoms with E-state index < -0.39 is 0 Å². The summed E-state index contributed by atoms with van der Waals surface area (Å²) in [4.78, 5) is 9.41. The lowest BCUT2D eigenvalue weighted by molar-refractivity contribution is 0.0372. The highest BCUT2D eigenvalue weighted by Gasteiger charge is 2.24. The largest absolute Gasteiger partial charge is 0.468 e. The third-order valence-electron chi connectivity index (χ3n) is 5.69. The van der Waals surface area contributed by atoms with E-state index in [0.717, 1.165) is 77.2 Å². The number of ether oxygens (including phenoxy) is 1. The van der Waals surface area contributed by atoms with E-state index in [9.17, 15) is 0 Å². The number of rotatable bonds is 9. The first-order valence-corrected chi connectivity index (χ1v) is 10.9. The van der Waals surface area contributed by atoms with Crippen molar-refractivity contribution in [2.75, 3.05) is 66.1 Å². The number of nitrogens with zero attached hydrogens (tertiary/aromatic N) is 3. The zero-order chi connectivity index (χ0) is 19.4. The van der Waals surface area contributed by atoms with Crippen molar-refractivity contribution in [3.63, 3.8) is 0 Å². The first-order chi connectivity index (χ1) is 13.9. The maximum absolute atomic E-state index is 5.73. The van der Waals surface area contributed by atoms with Gasteiger partial charge in [0.2, 0.25) is 0 Å². The number of hydrogen-bond donors (Lipinski definition) is 2. The van der Waals surface area contributed by atoms with Crippen LogP contribution >= 0.6 is 0 Å². The van der Waals surface area contributed by atoms with Crippen molar-refractivity contribution in [2.45, 2.75) is 38.1 Å². The zero-order valence-corrected chi connectivity index (χ0v) is 17.4. The summed E-state index contributed by atoms with van der Waals surface area (Å²) in [7, 11) is 1.84. The Kier molecular flexibility index (Phi) is 9.13. The van der Waals surface area contributed by atoms with E-state index in [1.807, 2.05) is 13.1 Å². The molecule has 1 aromatic heterocycles. The van der Waals surface area contributed by atoms with Crippen LogP contribution in [-0.2, 0) is 4.74 Å². The van der Waals surface area contributed by atoms with Crippen LogP contribution in [0.1, 0.15) is 43.9 Å². The molecule has 1 aromatic rings. The number of furan rings is 1. The molecule has 28 heavy (non-hydrogen) atoms. The first kappa shape index (κ1) is 21.1. The molecule has 3 rings (SSSR count). The maximum Gasteiger partial charge on any atom is 0.191 e. The smallest absolute Gasteiger partial charge is 0.191 e. The van der Waals surface area contributed by atoms with Gasteiger partial charge in [-0.15, -0.1) is 0 Å². The Morgan fingerprint density at radius 3 is 2.64 bits per heavy atom. The number of unbranched alkanes of at least 4 members (excludes halogenated alkanes) is 1. The van der Waals surface area contributed by atoms with Gasteiger partial charge in [-0.25, -0.2) is 0 Å². The molecule has 2 aliphatic heterocycles. The Morgan fingerprint density at radius 1 is 1.11 bits per heavy atom. The molecule has 1 unspecified atom stereocenters. The van der Waals surface area contributed by atoms with E-state index in [4.69, 9.17) is 9.15 Å². The quantitative estimate of drug-likeness (QED) is 0.382. The molecule has 2 fully saturated rings. The second-order valence-corrected chi connectivity index (χ2v) is 7.67. The molecular weight excluding hydrogens is 354 g/mol. The summed E-state index contributed by atoms with van der Waals surface area (Å²) < 4.78 is 11.1. The molecule has 0 aromatic carbocycles. The lowest BCUT2D eigenvalue weighted by atomic mass is 10.1. The maximum atomic E-state index is 5.73. The van der Waals surface area contributed by atoms with Crippen molar-refractivity contribution < 1.29 is 9.15 Å². The molecule has 2 N–H and O–H groups in total. The topological polar surface area (TPSA) is 65.3 Å². The first-order valence-electron chi connectivity index (χ1n) is 10.9. The van der Waals surface area contributed by atoms with Gasteiger partial charge in [-0.3, -0.25) is 14.8 Å². The van der Waals surface area contributed by atoms with Gasteiger partial charge in [-0.1, -0.05) is 6.42 Å². The molecule has 7 nitrogen and oxygen atoms in total. The predicted molar refractivity (Wildman–Crippen MR) is 113 cm³/mol. The van der Waals surface area contributed by atoms with Crippen molar-refractivity contribution in [2.24, 2.45) is 4.99 Å². The standard InChI is InChI=1S/C21H37N5O2/c1-22-21(23-9-3-6-10-25-13-16-27-17-14-25)24-18-19(20-8-7-15-28-20)26-11-4-2-5-12-26/h7-8,15,19H,2-6,9-14,16-18H2,1H3,(H2,22,23,24). The predicted octanol–water partition coefficient (Wildman–Crippen LogP) is 2.08. The summed E-state index contributed by atoms with van der Waals surface area (Å²) in [5.74, 6) is 1.91. The van der Waals surface area contributed by atoms with E-state index in [2.05, 4.69) is 31.5 Å². The average Bonchev–Trinajstić information content (AvgIpc) is 3.28. The molecule has 7 heteroatoms. The fourth-order valence-corrected chi connectivity index (χ4v) is 4.03.